The van der Waals surface area contributed by atoms with Gasteiger partial charge in [-0.05, 0) is 111 Å². The fourth-order valence-electron chi connectivity index (χ4n) is 4.45. The molecule has 1 aliphatic rings. The number of fused-ring (bicyclic) bond motifs is 1. The summed E-state index contributed by atoms with van der Waals surface area (Å²) in [5.41, 5.74) is 11.5. The maximum atomic E-state index is 15.2. The van der Waals surface area contributed by atoms with Crippen molar-refractivity contribution in [3.8, 4) is 11.5 Å². The van der Waals surface area contributed by atoms with Crippen molar-refractivity contribution in [2.45, 2.75) is 47.0 Å². The number of hydrogen-bond acceptors (Lipinski definition) is 4. The summed E-state index contributed by atoms with van der Waals surface area (Å²) >= 11 is 0. The zero-order valence-electron chi connectivity index (χ0n) is 21.5. The Hall–Kier alpha value is -3.44. The molecular formula is C31H34FNO3. The highest BCUT2D eigenvalue weighted by molar-refractivity contribution is 6.00. The lowest BCUT2D eigenvalue weighted by Gasteiger charge is -2.19. The predicted molar refractivity (Wildman–Crippen MR) is 143 cm³/mol. The smallest absolute Gasteiger partial charge is 0.316 e. The largest absolute Gasteiger partial charge is 0.492 e. The number of aryl methyl sites for hydroxylation is 2. The molecule has 2 N–H and O–H groups in total. The van der Waals surface area contributed by atoms with E-state index in [4.69, 9.17) is 15.2 Å². The molecule has 0 saturated carbocycles. The average molecular weight is 488 g/mol. The molecule has 188 valence electrons. The number of rotatable bonds is 6. The molecule has 3 aromatic rings. The zero-order valence-corrected chi connectivity index (χ0v) is 21.5. The van der Waals surface area contributed by atoms with Crippen molar-refractivity contribution in [1.29, 1.82) is 0 Å². The number of halogens is 1. The number of hydrogen-bond donors (Lipinski definition) is 1. The second-order valence-electron chi connectivity index (χ2n) is 10.3. The van der Waals surface area contributed by atoms with Gasteiger partial charge in [-0.1, -0.05) is 30.3 Å². The molecule has 0 amide bonds. The summed E-state index contributed by atoms with van der Waals surface area (Å²) in [6.45, 7) is 8.29. The third kappa shape index (κ3) is 5.68. The lowest BCUT2D eigenvalue weighted by atomic mass is 9.87. The number of nitrogens with two attached hydrogens (primary N) is 1. The van der Waals surface area contributed by atoms with E-state index in [1.807, 2.05) is 82.3 Å². The number of ether oxygens (including phenoxy) is 2. The minimum absolute atomic E-state index is 0.218. The van der Waals surface area contributed by atoms with E-state index in [9.17, 15) is 4.79 Å². The predicted octanol–water partition coefficient (Wildman–Crippen LogP) is 6.72. The Balaban J connectivity index is 1.85. The van der Waals surface area contributed by atoms with Gasteiger partial charge in [-0.3, -0.25) is 4.79 Å². The Morgan fingerprint density at radius 1 is 0.944 bits per heavy atom. The molecule has 0 heterocycles. The summed E-state index contributed by atoms with van der Waals surface area (Å²) in [4.78, 5) is 12.5. The third-order valence-electron chi connectivity index (χ3n) is 6.32. The Kier molecular flexibility index (Phi) is 7.60. The van der Waals surface area contributed by atoms with Gasteiger partial charge in [0.05, 0.1) is 5.41 Å². The third-order valence-corrected chi connectivity index (χ3v) is 6.32. The van der Waals surface area contributed by atoms with Crippen molar-refractivity contribution in [3.63, 3.8) is 0 Å². The maximum Gasteiger partial charge on any atom is 0.316 e. The van der Waals surface area contributed by atoms with E-state index < -0.39 is 5.41 Å². The van der Waals surface area contributed by atoms with Gasteiger partial charge in [0.15, 0.2) is 0 Å². The molecule has 0 unspecified atom stereocenters. The lowest BCUT2D eigenvalue weighted by molar-refractivity contribution is -0.143. The fourth-order valence-corrected chi connectivity index (χ4v) is 4.45. The molecule has 4 nitrogen and oxygen atoms in total. The van der Waals surface area contributed by atoms with Crippen molar-refractivity contribution in [2.24, 2.45) is 11.1 Å². The number of carbonyl (C=O) groups is 1. The van der Waals surface area contributed by atoms with Gasteiger partial charge in [-0.15, -0.1) is 0 Å². The standard InChI is InChI=1S/C31H34FNO3/c1-20-8-14-26(28(32)18-20)27-7-5-6-22-19-24(36-30(34)31(2,3)4)13-15-25(22)29(27)21-9-11-23(12-10-21)35-17-16-33/h8-15,18-19H,5-7,16-17,33H2,1-4H3. The Morgan fingerprint density at radius 2 is 1.64 bits per heavy atom. The van der Waals surface area contributed by atoms with Gasteiger partial charge >= 0.3 is 5.97 Å². The summed E-state index contributed by atoms with van der Waals surface area (Å²) in [5.74, 6) is 0.779. The molecule has 0 saturated heterocycles. The van der Waals surface area contributed by atoms with E-state index in [1.54, 1.807) is 6.07 Å². The minimum Gasteiger partial charge on any atom is -0.492 e. The van der Waals surface area contributed by atoms with Crippen LogP contribution >= 0.6 is 0 Å². The summed E-state index contributed by atoms with van der Waals surface area (Å²) in [5, 5.41) is 0. The Labute approximate surface area is 212 Å². The van der Waals surface area contributed by atoms with Gasteiger partial charge in [0.25, 0.3) is 0 Å². The molecule has 0 aromatic heterocycles. The minimum atomic E-state index is -0.596. The van der Waals surface area contributed by atoms with Crippen LogP contribution in [0.3, 0.4) is 0 Å². The first kappa shape index (κ1) is 25.6. The number of benzene rings is 3. The first-order chi connectivity index (χ1) is 17.2. The van der Waals surface area contributed by atoms with Crippen molar-refractivity contribution in [1.82, 2.24) is 0 Å². The molecule has 5 heteroatoms. The average Bonchev–Trinajstić information content (AvgIpc) is 3.01. The molecule has 0 spiro atoms. The highest BCUT2D eigenvalue weighted by atomic mass is 19.1. The van der Waals surface area contributed by atoms with E-state index in [2.05, 4.69) is 0 Å². The highest BCUT2D eigenvalue weighted by Gasteiger charge is 2.26. The number of allylic oxidation sites excluding steroid dienone is 1. The summed E-state index contributed by atoms with van der Waals surface area (Å²) < 4.78 is 26.6. The zero-order chi connectivity index (χ0) is 25.9. The van der Waals surface area contributed by atoms with Crippen LogP contribution in [0.25, 0.3) is 11.1 Å². The van der Waals surface area contributed by atoms with Crippen LogP contribution in [0.5, 0.6) is 11.5 Å². The molecule has 3 aromatic carbocycles. The van der Waals surface area contributed by atoms with Crippen LogP contribution in [0.15, 0.2) is 60.7 Å². The molecule has 1 aliphatic carbocycles. The normalized spacial score (nSPS) is 13.7. The SMILES string of the molecule is Cc1ccc(C2=C(c3ccc(OCCN)cc3)c3ccc(OC(=O)C(C)(C)C)cc3CCC2)c(F)c1. The first-order valence-corrected chi connectivity index (χ1v) is 12.5. The van der Waals surface area contributed by atoms with Gasteiger partial charge in [0.2, 0.25) is 0 Å². The molecular weight excluding hydrogens is 453 g/mol. The quantitative estimate of drug-likeness (QED) is 0.310. The fraction of sp³-hybridized carbons (Fsp3) is 0.323. The van der Waals surface area contributed by atoms with Crippen LogP contribution in [0, 0.1) is 18.2 Å². The second kappa shape index (κ2) is 10.7. The maximum absolute atomic E-state index is 15.2. The van der Waals surface area contributed by atoms with E-state index in [-0.39, 0.29) is 11.8 Å². The van der Waals surface area contributed by atoms with Crippen LogP contribution in [-0.2, 0) is 11.2 Å². The number of esters is 1. The van der Waals surface area contributed by atoms with Crippen molar-refractivity contribution in [2.75, 3.05) is 13.2 Å². The molecule has 0 fully saturated rings. The van der Waals surface area contributed by atoms with Crippen LogP contribution in [0.1, 0.15) is 61.4 Å². The topological polar surface area (TPSA) is 61.6 Å². The summed E-state index contributed by atoms with van der Waals surface area (Å²) in [6, 6.07) is 19.1. The molecule has 4 rings (SSSR count). The van der Waals surface area contributed by atoms with E-state index in [0.29, 0.717) is 24.5 Å². The van der Waals surface area contributed by atoms with Crippen LogP contribution in [-0.4, -0.2) is 19.1 Å². The van der Waals surface area contributed by atoms with Crippen molar-refractivity contribution in [3.05, 3.63) is 94.3 Å². The van der Waals surface area contributed by atoms with Crippen LogP contribution < -0.4 is 15.2 Å². The van der Waals surface area contributed by atoms with Crippen molar-refractivity contribution >= 4 is 17.1 Å². The molecule has 0 aliphatic heterocycles. The van der Waals surface area contributed by atoms with Crippen molar-refractivity contribution < 1.29 is 18.7 Å². The van der Waals surface area contributed by atoms with E-state index in [1.165, 1.54) is 0 Å². The lowest BCUT2D eigenvalue weighted by Crippen LogP contribution is -2.25. The van der Waals surface area contributed by atoms with Gasteiger partial charge in [-0.25, -0.2) is 4.39 Å². The highest BCUT2D eigenvalue weighted by Crippen LogP contribution is 2.42. The van der Waals surface area contributed by atoms with Crippen LogP contribution in [0.4, 0.5) is 4.39 Å². The van der Waals surface area contributed by atoms with E-state index >= 15 is 4.39 Å². The van der Waals surface area contributed by atoms with Gasteiger partial charge in [-0.2, -0.15) is 0 Å². The molecule has 0 bridgehead atoms. The summed E-state index contributed by atoms with van der Waals surface area (Å²) in [6.07, 6.45) is 2.38. The first-order valence-electron chi connectivity index (χ1n) is 12.5. The molecule has 0 atom stereocenters. The molecule has 36 heavy (non-hydrogen) atoms. The Morgan fingerprint density at radius 3 is 2.31 bits per heavy atom. The van der Waals surface area contributed by atoms with Gasteiger partial charge in [0.1, 0.15) is 23.9 Å². The molecule has 0 radical (unpaired) electrons. The van der Waals surface area contributed by atoms with Crippen LogP contribution in [0.2, 0.25) is 0 Å². The monoisotopic (exact) mass is 487 g/mol. The number of carbonyl (C=O) groups excluding carboxylic acids is 1. The second-order valence-corrected chi connectivity index (χ2v) is 10.3. The van der Waals surface area contributed by atoms with E-state index in [0.717, 1.165) is 58.4 Å². The van der Waals surface area contributed by atoms with Gasteiger partial charge < -0.3 is 15.2 Å². The summed E-state index contributed by atoms with van der Waals surface area (Å²) in [7, 11) is 0. The Bertz CT molecular complexity index is 1290. The van der Waals surface area contributed by atoms with Gasteiger partial charge in [0, 0.05) is 12.1 Å².